The second kappa shape index (κ2) is 6.29. The summed E-state index contributed by atoms with van der Waals surface area (Å²) in [5, 5.41) is 0. The summed E-state index contributed by atoms with van der Waals surface area (Å²) in [5.74, 6) is 6.41. The van der Waals surface area contributed by atoms with Crippen molar-refractivity contribution in [2.45, 2.75) is 58.3 Å². The molecule has 2 rings (SSSR count). The standard InChI is InChI=1S/C17H26/c1-3-5-15-8-12-17(13-9-15)16-10-6-14(4-2)7-11-16/h2-3,5,14-17H,6-13H2,1H3/b5-3+/t14-,15-,16-,17-. The first-order valence-electron chi connectivity index (χ1n) is 7.42. The molecule has 2 saturated carbocycles. The molecular formula is C17H26. The van der Waals surface area contributed by atoms with E-state index in [9.17, 15) is 0 Å². The highest BCUT2D eigenvalue weighted by Gasteiger charge is 2.29. The third-order valence-electron chi connectivity index (χ3n) is 4.96. The Labute approximate surface area is 107 Å². The van der Waals surface area contributed by atoms with Crippen molar-refractivity contribution in [2.24, 2.45) is 23.7 Å². The van der Waals surface area contributed by atoms with E-state index >= 15 is 0 Å². The van der Waals surface area contributed by atoms with E-state index in [1.165, 1.54) is 51.4 Å². The van der Waals surface area contributed by atoms with Gasteiger partial charge in [0.2, 0.25) is 0 Å². The van der Waals surface area contributed by atoms with Crippen LogP contribution in [0.1, 0.15) is 58.3 Å². The maximum atomic E-state index is 5.52. The largest absolute Gasteiger partial charge is 0.120 e. The summed E-state index contributed by atoms with van der Waals surface area (Å²) >= 11 is 0. The minimum atomic E-state index is 0.589. The van der Waals surface area contributed by atoms with Gasteiger partial charge in [0.1, 0.15) is 0 Å². The fraction of sp³-hybridized carbons (Fsp3) is 0.765. The fourth-order valence-corrected chi connectivity index (χ4v) is 3.84. The van der Waals surface area contributed by atoms with Crippen LogP contribution in [0.2, 0.25) is 0 Å². The van der Waals surface area contributed by atoms with Crippen LogP contribution in [-0.4, -0.2) is 0 Å². The molecule has 0 radical (unpaired) electrons. The van der Waals surface area contributed by atoms with Gasteiger partial charge in [-0.3, -0.25) is 0 Å². The van der Waals surface area contributed by atoms with Crippen LogP contribution in [0.5, 0.6) is 0 Å². The van der Waals surface area contributed by atoms with E-state index in [1.807, 2.05) is 0 Å². The normalized spacial score (nSPS) is 39.1. The predicted octanol–water partition coefficient (Wildman–Crippen LogP) is 4.81. The number of hydrogen-bond donors (Lipinski definition) is 0. The molecule has 0 heteroatoms. The summed E-state index contributed by atoms with van der Waals surface area (Å²) in [6.07, 6.45) is 21.3. The molecule has 0 aromatic heterocycles. The van der Waals surface area contributed by atoms with E-state index in [2.05, 4.69) is 25.0 Å². The highest BCUT2D eigenvalue weighted by Crippen LogP contribution is 2.41. The smallest absolute Gasteiger partial charge is 0.0200 e. The van der Waals surface area contributed by atoms with Crippen molar-refractivity contribution in [3.63, 3.8) is 0 Å². The maximum Gasteiger partial charge on any atom is 0.0200 e. The Morgan fingerprint density at radius 1 is 0.882 bits per heavy atom. The SMILES string of the molecule is C#C[C@H]1CC[C@H]([C@H]2CC[C@H](/C=C/C)CC2)CC1. The van der Waals surface area contributed by atoms with Crippen LogP contribution >= 0.6 is 0 Å². The fourth-order valence-electron chi connectivity index (χ4n) is 3.84. The summed E-state index contributed by atoms with van der Waals surface area (Å²) < 4.78 is 0. The van der Waals surface area contributed by atoms with Gasteiger partial charge in [-0.2, -0.15) is 0 Å². The van der Waals surface area contributed by atoms with Crippen LogP contribution in [0.15, 0.2) is 12.2 Å². The van der Waals surface area contributed by atoms with Crippen molar-refractivity contribution in [3.05, 3.63) is 12.2 Å². The third kappa shape index (κ3) is 3.38. The molecule has 0 nitrogen and oxygen atoms in total. The van der Waals surface area contributed by atoms with E-state index in [-0.39, 0.29) is 0 Å². The third-order valence-corrected chi connectivity index (χ3v) is 4.96. The molecule has 0 N–H and O–H groups in total. The van der Waals surface area contributed by atoms with E-state index < -0.39 is 0 Å². The minimum Gasteiger partial charge on any atom is -0.120 e. The second-order valence-corrected chi connectivity index (χ2v) is 5.98. The maximum absolute atomic E-state index is 5.52. The first-order valence-corrected chi connectivity index (χ1v) is 7.42. The summed E-state index contributed by atoms with van der Waals surface area (Å²) in [6, 6.07) is 0. The summed E-state index contributed by atoms with van der Waals surface area (Å²) in [5.41, 5.74) is 0. The zero-order valence-electron chi connectivity index (χ0n) is 11.2. The molecule has 0 spiro atoms. The topological polar surface area (TPSA) is 0 Å². The van der Waals surface area contributed by atoms with Crippen LogP contribution in [0.3, 0.4) is 0 Å². The van der Waals surface area contributed by atoms with Crippen LogP contribution in [0.25, 0.3) is 0 Å². The first kappa shape index (κ1) is 12.7. The van der Waals surface area contributed by atoms with Crippen LogP contribution in [0.4, 0.5) is 0 Å². The van der Waals surface area contributed by atoms with Crippen LogP contribution in [0, 0.1) is 36.0 Å². The van der Waals surface area contributed by atoms with Gasteiger partial charge in [0.05, 0.1) is 0 Å². The van der Waals surface area contributed by atoms with Crippen molar-refractivity contribution < 1.29 is 0 Å². The zero-order valence-corrected chi connectivity index (χ0v) is 11.2. The quantitative estimate of drug-likeness (QED) is 0.472. The molecule has 0 aliphatic heterocycles. The highest BCUT2D eigenvalue weighted by molar-refractivity contribution is 4.97. The van der Waals surface area contributed by atoms with Gasteiger partial charge in [0, 0.05) is 5.92 Å². The second-order valence-electron chi connectivity index (χ2n) is 5.98. The van der Waals surface area contributed by atoms with Gasteiger partial charge in [-0.1, -0.05) is 12.2 Å². The number of hydrogen-bond acceptors (Lipinski definition) is 0. The molecule has 0 bridgehead atoms. The van der Waals surface area contributed by atoms with Crippen LogP contribution < -0.4 is 0 Å². The van der Waals surface area contributed by atoms with Gasteiger partial charge in [-0.15, -0.1) is 12.3 Å². The number of allylic oxidation sites excluding steroid dienone is 2. The van der Waals surface area contributed by atoms with Gasteiger partial charge >= 0.3 is 0 Å². The Balaban J connectivity index is 1.76. The van der Waals surface area contributed by atoms with E-state index in [0.29, 0.717) is 5.92 Å². The molecule has 0 heterocycles. The van der Waals surface area contributed by atoms with Crippen molar-refractivity contribution >= 4 is 0 Å². The average Bonchev–Trinajstić information content (AvgIpc) is 2.40. The van der Waals surface area contributed by atoms with Gasteiger partial charge in [-0.05, 0) is 76.0 Å². The monoisotopic (exact) mass is 230 g/mol. The Kier molecular flexibility index (Phi) is 4.72. The lowest BCUT2D eigenvalue weighted by Gasteiger charge is -2.36. The minimum absolute atomic E-state index is 0.589. The molecule has 0 amide bonds. The Morgan fingerprint density at radius 3 is 1.88 bits per heavy atom. The number of terminal acetylenes is 1. The summed E-state index contributed by atoms with van der Waals surface area (Å²) in [6.45, 7) is 2.15. The van der Waals surface area contributed by atoms with Gasteiger partial charge in [0.25, 0.3) is 0 Å². The summed E-state index contributed by atoms with van der Waals surface area (Å²) in [4.78, 5) is 0. The van der Waals surface area contributed by atoms with Crippen molar-refractivity contribution in [1.29, 1.82) is 0 Å². The van der Waals surface area contributed by atoms with Crippen LogP contribution in [-0.2, 0) is 0 Å². The highest BCUT2D eigenvalue weighted by atomic mass is 14.3. The molecule has 0 unspecified atom stereocenters. The molecule has 0 aromatic carbocycles. The molecule has 0 saturated heterocycles. The number of rotatable bonds is 2. The summed E-state index contributed by atoms with van der Waals surface area (Å²) in [7, 11) is 0. The molecule has 2 fully saturated rings. The molecular weight excluding hydrogens is 204 g/mol. The van der Waals surface area contributed by atoms with Gasteiger partial charge < -0.3 is 0 Å². The molecule has 0 atom stereocenters. The van der Waals surface area contributed by atoms with Gasteiger partial charge in [-0.25, -0.2) is 0 Å². The molecule has 0 aromatic rings. The van der Waals surface area contributed by atoms with E-state index in [1.54, 1.807) is 0 Å². The lowest BCUT2D eigenvalue weighted by molar-refractivity contribution is 0.168. The van der Waals surface area contributed by atoms with Crippen molar-refractivity contribution in [3.8, 4) is 12.3 Å². The van der Waals surface area contributed by atoms with Crippen molar-refractivity contribution in [2.75, 3.05) is 0 Å². The predicted molar refractivity (Wildman–Crippen MR) is 74.5 cm³/mol. The molecule has 2 aliphatic carbocycles. The first-order chi connectivity index (χ1) is 8.33. The van der Waals surface area contributed by atoms with Crippen molar-refractivity contribution in [1.82, 2.24) is 0 Å². The molecule has 2 aliphatic rings. The average molecular weight is 230 g/mol. The van der Waals surface area contributed by atoms with E-state index in [0.717, 1.165) is 17.8 Å². The van der Waals surface area contributed by atoms with Gasteiger partial charge in [0.15, 0.2) is 0 Å². The Bertz CT molecular complexity index is 278. The zero-order chi connectivity index (χ0) is 12.1. The Hall–Kier alpha value is -0.700. The lowest BCUT2D eigenvalue weighted by atomic mass is 9.69. The molecule has 17 heavy (non-hydrogen) atoms. The lowest BCUT2D eigenvalue weighted by Crippen LogP contribution is -2.25. The molecule has 94 valence electrons. The van der Waals surface area contributed by atoms with E-state index in [4.69, 9.17) is 6.42 Å². The Morgan fingerprint density at radius 2 is 1.41 bits per heavy atom.